The van der Waals surface area contributed by atoms with E-state index >= 15 is 0 Å². The van der Waals surface area contributed by atoms with Crippen LogP contribution >= 0.6 is 15.9 Å². The summed E-state index contributed by atoms with van der Waals surface area (Å²) in [5.74, 6) is -0.917. The maximum Gasteiger partial charge on any atom is 0.243 e. The fourth-order valence-electron chi connectivity index (χ4n) is 1.24. The monoisotopic (exact) mass is 325 g/mol. The third-order valence-corrected chi connectivity index (χ3v) is 4.00. The van der Waals surface area contributed by atoms with Crippen LogP contribution in [0.15, 0.2) is 21.5 Å². The van der Waals surface area contributed by atoms with Gasteiger partial charge >= 0.3 is 0 Å². The minimum absolute atomic E-state index is 0.0590. The van der Waals surface area contributed by atoms with Crippen LogP contribution in [0.2, 0.25) is 0 Å². The maximum absolute atomic E-state index is 13.8. The molecule has 0 unspecified atom stereocenters. The number of rotatable bonds is 5. The van der Waals surface area contributed by atoms with Crippen LogP contribution in [0.4, 0.5) is 4.39 Å². The van der Waals surface area contributed by atoms with Gasteiger partial charge in [-0.2, -0.15) is 0 Å². The summed E-state index contributed by atoms with van der Waals surface area (Å²) in [6.45, 7) is 1.49. The lowest BCUT2D eigenvalue weighted by Crippen LogP contribution is -2.25. The van der Waals surface area contributed by atoms with Crippen molar-refractivity contribution in [3.8, 4) is 0 Å². The number of aliphatic hydroxyl groups excluding tert-OH is 1. The SMILES string of the molecule is CCCNS(=O)(=O)c1cc(Br)cc(CO)c1F. The highest BCUT2D eigenvalue weighted by Gasteiger charge is 2.21. The van der Waals surface area contributed by atoms with E-state index in [0.29, 0.717) is 10.9 Å². The number of halogens is 2. The molecule has 0 saturated heterocycles. The van der Waals surface area contributed by atoms with E-state index in [1.54, 1.807) is 6.92 Å². The molecular weight excluding hydrogens is 313 g/mol. The van der Waals surface area contributed by atoms with Crippen molar-refractivity contribution in [3.63, 3.8) is 0 Å². The Morgan fingerprint density at radius 2 is 2.12 bits per heavy atom. The molecule has 0 spiro atoms. The molecule has 0 aliphatic heterocycles. The van der Waals surface area contributed by atoms with Crippen molar-refractivity contribution in [1.29, 1.82) is 0 Å². The third kappa shape index (κ3) is 3.48. The Morgan fingerprint density at radius 3 is 2.65 bits per heavy atom. The number of nitrogens with one attached hydrogen (secondary N) is 1. The molecule has 0 heterocycles. The van der Waals surface area contributed by atoms with Gasteiger partial charge in [0.1, 0.15) is 10.7 Å². The summed E-state index contributed by atoms with van der Waals surface area (Å²) in [6, 6.07) is 2.51. The molecule has 1 aromatic carbocycles. The molecule has 96 valence electrons. The van der Waals surface area contributed by atoms with Crippen LogP contribution in [0.1, 0.15) is 18.9 Å². The first-order chi connectivity index (χ1) is 7.92. The Labute approximate surface area is 108 Å². The van der Waals surface area contributed by atoms with Gasteiger partial charge in [-0.25, -0.2) is 17.5 Å². The predicted octanol–water partition coefficient (Wildman–Crippen LogP) is 1.77. The summed E-state index contributed by atoms with van der Waals surface area (Å²) >= 11 is 3.08. The second-order valence-corrected chi connectivity index (χ2v) is 6.08. The van der Waals surface area contributed by atoms with E-state index in [4.69, 9.17) is 5.11 Å². The highest BCUT2D eigenvalue weighted by atomic mass is 79.9. The van der Waals surface area contributed by atoms with E-state index in [-0.39, 0.29) is 12.1 Å². The van der Waals surface area contributed by atoms with Crippen LogP contribution < -0.4 is 4.72 Å². The molecule has 4 nitrogen and oxygen atoms in total. The number of hydrogen-bond acceptors (Lipinski definition) is 3. The molecule has 7 heteroatoms. The van der Waals surface area contributed by atoms with Gasteiger partial charge in [-0.3, -0.25) is 0 Å². The van der Waals surface area contributed by atoms with Crippen molar-refractivity contribution >= 4 is 26.0 Å². The largest absolute Gasteiger partial charge is 0.392 e. The van der Waals surface area contributed by atoms with E-state index in [2.05, 4.69) is 20.7 Å². The van der Waals surface area contributed by atoms with Crippen molar-refractivity contribution in [2.75, 3.05) is 6.54 Å². The molecule has 0 saturated carbocycles. The molecule has 0 aliphatic carbocycles. The summed E-state index contributed by atoms with van der Waals surface area (Å²) in [5, 5.41) is 8.93. The Hall–Kier alpha value is -0.500. The smallest absolute Gasteiger partial charge is 0.243 e. The lowest BCUT2D eigenvalue weighted by molar-refractivity contribution is 0.274. The number of aliphatic hydroxyl groups is 1. The van der Waals surface area contributed by atoms with E-state index in [0.717, 1.165) is 0 Å². The van der Waals surface area contributed by atoms with Gasteiger partial charge in [-0.15, -0.1) is 0 Å². The quantitative estimate of drug-likeness (QED) is 0.867. The van der Waals surface area contributed by atoms with E-state index in [9.17, 15) is 12.8 Å². The number of hydrogen-bond donors (Lipinski definition) is 2. The van der Waals surface area contributed by atoms with Crippen LogP contribution in [0, 0.1) is 5.82 Å². The summed E-state index contributed by atoms with van der Waals surface area (Å²) in [6.07, 6.45) is 0.613. The van der Waals surface area contributed by atoms with E-state index < -0.39 is 27.3 Å². The first kappa shape index (κ1) is 14.6. The Kier molecular flexibility index (Phi) is 5.05. The topological polar surface area (TPSA) is 66.4 Å². The third-order valence-electron chi connectivity index (χ3n) is 2.08. The molecule has 1 aromatic rings. The van der Waals surface area contributed by atoms with Crippen molar-refractivity contribution < 1.29 is 17.9 Å². The van der Waals surface area contributed by atoms with Crippen molar-refractivity contribution in [1.82, 2.24) is 4.72 Å². The standard InChI is InChI=1S/C10H13BrFNO3S/c1-2-3-13-17(15,16)9-5-8(11)4-7(6-14)10(9)12/h4-5,13-14H,2-3,6H2,1H3. The minimum Gasteiger partial charge on any atom is -0.392 e. The molecule has 0 fully saturated rings. The average molecular weight is 326 g/mol. The normalized spacial score (nSPS) is 11.8. The molecule has 0 amide bonds. The Bertz CT molecular complexity index is 505. The lowest BCUT2D eigenvalue weighted by Gasteiger charge is -2.09. The first-order valence-corrected chi connectivity index (χ1v) is 7.28. The first-order valence-electron chi connectivity index (χ1n) is 5.00. The van der Waals surface area contributed by atoms with E-state index in [1.807, 2.05) is 0 Å². The molecular formula is C10H13BrFNO3S. The van der Waals surface area contributed by atoms with Crippen molar-refractivity contribution in [3.05, 3.63) is 28.0 Å². The second-order valence-electron chi connectivity index (χ2n) is 3.43. The van der Waals surface area contributed by atoms with Crippen LogP contribution in [0.25, 0.3) is 0 Å². The molecule has 0 aliphatic rings. The van der Waals surface area contributed by atoms with Gasteiger partial charge in [0.15, 0.2) is 0 Å². The Morgan fingerprint density at radius 1 is 1.47 bits per heavy atom. The molecule has 0 aromatic heterocycles. The molecule has 0 radical (unpaired) electrons. The van der Waals surface area contributed by atoms with Gasteiger partial charge in [0.25, 0.3) is 0 Å². The van der Waals surface area contributed by atoms with Gasteiger partial charge in [-0.1, -0.05) is 22.9 Å². The zero-order chi connectivity index (χ0) is 13.1. The van der Waals surface area contributed by atoms with Crippen molar-refractivity contribution in [2.45, 2.75) is 24.8 Å². The molecule has 0 bridgehead atoms. The zero-order valence-corrected chi connectivity index (χ0v) is 11.6. The van der Waals surface area contributed by atoms with Crippen LogP contribution in [0.5, 0.6) is 0 Å². The highest BCUT2D eigenvalue weighted by Crippen LogP contribution is 2.24. The lowest BCUT2D eigenvalue weighted by atomic mass is 10.2. The molecule has 2 N–H and O–H groups in total. The summed E-state index contributed by atoms with van der Waals surface area (Å²) in [5.41, 5.74) is -0.0590. The number of sulfonamides is 1. The van der Waals surface area contributed by atoms with Gasteiger partial charge in [0.2, 0.25) is 10.0 Å². The van der Waals surface area contributed by atoms with Crippen molar-refractivity contribution in [2.24, 2.45) is 0 Å². The number of benzene rings is 1. The van der Waals surface area contributed by atoms with Crippen LogP contribution in [-0.4, -0.2) is 20.1 Å². The maximum atomic E-state index is 13.8. The molecule has 17 heavy (non-hydrogen) atoms. The van der Waals surface area contributed by atoms with Gasteiger partial charge < -0.3 is 5.11 Å². The zero-order valence-electron chi connectivity index (χ0n) is 9.20. The van der Waals surface area contributed by atoms with Gasteiger partial charge in [0, 0.05) is 16.6 Å². The Balaban J connectivity index is 3.26. The molecule has 0 atom stereocenters. The van der Waals surface area contributed by atoms with Crippen LogP contribution in [-0.2, 0) is 16.6 Å². The summed E-state index contributed by atoms with van der Waals surface area (Å²) < 4.78 is 40.0. The highest BCUT2D eigenvalue weighted by molar-refractivity contribution is 9.10. The van der Waals surface area contributed by atoms with Gasteiger partial charge in [0.05, 0.1) is 6.61 Å². The average Bonchev–Trinajstić information content (AvgIpc) is 2.29. The fraction of sp³-hybridized carbons (Fsp3) is 0.400. The minimum atomic E-state index is -3.87. The summed E-state index contributed by atoms with van der Waals surface area (Å²) in [7, 11) is -3.87. The predicted molar refractivity (Wildman–Crippen MR) is 65.5 cm³/mol. The van der Waals surface area contributed by atoms with Gasteiger partial charge in [-0.05, 0) is 18.6 Å². The second kappa shape index (κ2) is 5.90. The summed E-state index contributed by atoms with van der Waals surface area (Å²) in [4.78, 5) is -0.454. The molecule has 1 rings (SSSR count). The van der Waals surface area contributed by atoms with E-state index in [1.165, 1.54) is 12.1 Å². The fourth-order valence-corrected chi connectivity index (χ4v) is 3.18. The van der Waals surface area contributed by atoms with Crippen LogP contribution in [0.3, 0.4) is 0 Å².